The molecule has 2 aromatic carbocycles. The van der Waals surface area contributed by atoms with Crippen molar-refractivity contribution in [3.8, 4) is 0 Å². The van der Waals surface area contributed by atoms with Crippen molar-refractivity contribution in [1.82, 2.24) is 5.32 Å². The molecule has 2 bridgehead atoms. The molecule has 4 unspecified atom stereocenters. The van der Waals surface area contributed by atoms with E-state index in [0.29, 0.717) is 28.3 Å². The average Bonchev–Trinajstić information content (AvgIpc) is 3.20. The van der Waals surface area contributed by atoms with Crippen molar-refractivity contribution in [3.05, 3.63) is 80.1 Å². The van der Waals surface area contributed by atoms with Gasteiger partial charge in [-0.1, -0.05) is 48.8 Å². The van der Waals surface area contributed by atoms with Gasteiger partial charge in [0, 0.05) is 27.0 Å². The average molecular weight is 592 g/mol. The van der Waals surface area contributed by atoms with Crippen molar-refractivity contribution in [2.45, 2.75) is 58.7 Å². The third-order valence-corrected chi connectivity index (χ3v) is 10.2. The number of anilines is 1. The first-order valence-electron chi connectivity index (χ1n) is 13.3. The highest BCUT2D eigenvalue weighted by molar-refractivity contribution is 9.10. The van der Waals surface area contributed by atoms with Crippen LogP contribution in [0.4, 0.5) is 5.69 Å². The number of fused-ring (bicyclic) bond motifs is 4. The summed E-state index contributed by atoms with van der Waals surface area (Å²) >= 11 is 3.44. The third-order valence-electron chi connectivity index (χ3n) is 9.68. The Bertz CT molecular complexity index is 1620. The van der Waals surface area contributed by atoms with E-state index >= 15 is 0 Å². The SMILES string of the molecule is CC1(c2cc3cc(Br)ccc3oc2=O)NC(=O)c2c(/C=C/C(=O)OC3CC4CCC3(C)C4(C)C)cccc2N1. The minimum atomic E-state index is -1.20. The molecule has 2 saturated carbocycles. The Morgan fingerprint density at radius 3 is 2.62 bits per heavy atom. The molecule has 7 nitrogen and oxygen atoms in total. The van der Waals surface area contributed by atoms with Crippen molar-refractivity contribution in [2.24, 2.45) is 16.7 Å². The fourth-order valence-corrected chi connectivity index (χ4v) is 7.26. The normalized spacial score (nSPS) is 28.8. The first-order chi connectivity index (χ1) is 18.4. The number of nitrogens with one attached hydrogen (secondary N) is 2. The number of esters is 1. The molecule has 3 aromatic rings. The van der Waals surface area contributed by atoms with Crippen molar-refractivity contribution in [2.75, 3.05) is 5.32 Å². The highest BCUT2D eigenvalue weighted by Crippen LogP contribution is 2.66. The summed E-state index contributed by atoms with van der Waals surface area (Å²) in [6.07, 6.45) is 6.06. The monoisotopic (exact) mass is 590 g/mol. The molecule has 1 amide bonds. The van der Waals surface area contributed by atoms with Gasteiger partial charge >= 0.3 is 11.6 Å². The molecule has 8 heteroatoms. The maximum absolute atomic E-state index is 13.4. The van der Waals surface area contributed by atoms with E-state index in [2.05, 4.69) is 47.3 Å². The first-order valence-corrected chi connectivity index (χ1v) is 14.1. The molecule has 4 atom stereocenters. The van der Waals surface area contributed by atoms with Crippen molar-refractivity contribution in [1.29, 1.82) is 0 Å². The molecule has 39 heavy (non-hydrogen) atoms. The van der Waals surface area contributed by atoms with Gasteiger partial charge in [0.25, 0.3) is 5.91 Å². The molecule has 2 aliphatic carbocycles. The van der Waals surface area contributed by atoms with Crippen LogP contribution in [0.2, 0.25) is 0 Å². The van der Waals surface area contributed by atoms with Crippen molar-refractivity contribution in [3.63, 3.8) is 0 Å². The summed E-state index contributed by atoms with van der Waals surface area (Å²) in [5.41, 5.74) is 0.631. The minimum Gasteiger partial charge on any atom is -0.459 e. The molecule has 1 aliphatic heterocycles. The van der Waals surface area contributed by atoms with Gasteiger partial charge in [0.2, 0.25) is 0 Å². The van der Waals surface area contributed by atoms with Crippen molar-refractivity contribution >= 4 is 50.5 Å². The molecule has 2 N–H and O–H groups in total. The van der Waals surface area contributed by atoms with E-state index in [9.17, 15) is 14.4 Å². The standard InChI is InChI=1S/C31H31BrN2O5/c1-29(2)19-12-13-30(29,3)24(16-19)39-25(35)11-8-17-6-5-7-22-26(17)27(36)34-31(4,33-22)21-15-18-14-20(32)9-10-23(18)38-28(21)37/h5-11,14-15,19,24,33H,12-13,16H2,1-4H3,(H,34,36)/b11-8+. The van der Waals surface area contributed by atoms with Crippen LogP contribution in [0, 0.1) is 16.7 Å². The van der Waals surface area contributed by atoms with Gasteiger partial charge in [-0.3, -0.25) is 4.79 Å². The lowest BCUT2D eigenvalue weighted by molar-refractivity contribution is -0.150. The van der Waals surface area contributed by atoms with Crippen LogP contribution in [0.15, 0.2) is 62.2 Å². The van der Waals surface area contributed by atoms with E-state index in [1.54, 1.807) is 49.4 Å². The van der Waals surface area contributed by atoms with Gasteiger partial charge in [0.05, 0.1) is 11.1 Å². The Balaban J connectivity index is 1.25. The molecular weight excluding hydrogens is 560 g/mol. The first kappa shape index (κ1) is 25.9. The number of ether oxygens (including phenoxy) is 1. The highest BCUT2D eigenvalue weighted by atomic mass is 79.9. The third kappa shape index (κ3) is 4.03. The minimum absolute atomic E-state index is 0.0209. The maximum Gasteiger partial charge on any atom is 0.343 e. The Kier molecular flexibility index (Phi) is 5.84. The fourth-order valence-electron chi connectivity index (χ4n) is 6.88. The summed E-state index contributed by atoms with van der Waals surface area (Å²) in [5, 5.41) is 6.96. The Hall–Kier alpha value is -3.39. The fraction of sp³-hybridized carbons (Fsp3) is 0.387. The maximum atomic E-state index is 13.4. The molecule has 1 aromatic heterocycles. The summed E-state index contributed by atoms with van der Waals surface area (Å²) in [4.78, 5) is 39.1. The molecule has 202 valence electrons. The van der Waals surface area contributed by atoms with Crippen molar-refractivity contribution < 1.29 is 18.7 Å². The number of benzene rings is 2. The van der Waals surface area contributed by atoms with Gasteiger partial charge in [-0.25, -0.2) is 9.59 Å². The van der Waals surface area contributed by atoms with E-state index in [0.717, 1.165) is 22.7 Å². The number of hydrogen-bond acceptors (Lipinski definition) is 6. The van der Waals surface area contributed by atoms with E-state index in [-0.39, 0.29) is 28.4 Å². The molecular formula is C31H31BrN2O5. The van der Waals surface area contributed by atoms with E-state index in [4.69, 9.17) is 9.15 Å². The number of halogens is 1. The zero-order valence-corrected chi connectivity index (χ0v) is 24.0. The van der Waals surface area contributed by atoms with Crippen LogP contribution >= 0.6 is 15.9 Å². The van der Waals surface area contributed by atoms with Gasteiger partial charge < -0.3 is 19.8 Å². The second kappa shape index (κ2) is 8.81. The van der Waals surface area contributed by atoms with Gasteiger partial charge in [0.15, 0.2) is 0 Å². The molecule has 2 heterocycles. The number of amides is 1. The molecule has 0 saturated heterocycles. The predicted molar refractivity (Wildman–Crippen MR) is 153 cm³/mol. The lowest BCUT2D eigenvalue weighted by Crippen LogP contribution is -2.55. The van der Waals surface area contributed by atoms with Crippen LogP contribution in [0.5, 0.6) is 0 Å². The number of carbonyl (C=O) groups excluding carboxylic acids is 2. The van der Waals surface area contributed by atoms with E-state index in [1.165, 1.54) is 12.5 Å². The molecule has 0 radical (unpaired) electrons. The molecule has 0 spiro atoms. The summed E-state index contributed by atoms with van der Waals surface area (Å²) in [5.74, 6) is -0.201. The van der Waals surface area contributed by atoms with Crippen LogP contribution in [0.25, 0.3) is 17.0 Å². The Labute approximate surface area is 235 Å². The van der Waals surface area contributed by atoms with Gasteiger partial charge in [0.1, 0.15) is 17.3 Å². The van der Waals surface area contributed by atoms with E-state index < -0.39 is 17.3 Å². The Morgan fingerprint density at radius 1 is 1.10 bits per heavy atom. The highest BCUT2D eigenvalue weighted by Gasteiger charge is 2.62. The molecule has 2 fully saturated rings. The van der Waals surface area contributed by atoms with Crippen LogP contribution in [-0.4, -0.2) is 18.0 Å². The number of carbonyl (C=O) groups is 2. The summed E-state index contributed by atoms with van der Waals surface area (Å²) in [6.45, 7) is 8.52. The van der Waals surface area contributed by atoms with E-state index in [1.807, 2.05) is 6.07 Å². The lowest BCUT2D eigenvalue weighted by atomic mass is 9.70. The zero-order chi connectivity index (χ0) is 27.7. The summed E-state index contributed by atoms with van der Waals surface area (Å²) < 4.78 is 12.3. The molecule has 3 aliphatic rings. The Morgan fingerprint density at radius 2 is 1.90 bits per heavy atom. The quantitative estimate of drug-likeness (QED) is 0.208. The van der Waals surface area contributed by atoms with Crippen LogP contribution in [0.1, 0.15) is 68.4 Å². The zero-order valence-electron chi connectivity index (χ0n) is 22.4. The predicted octanol–water partition coefficient (Wildman–Crippen LogP) is 6.35. The lowest BCUT2D eigenvalue weighted by Gasteiger charge is -2.38. The summed E-state index contributed by atoms with van der Waals surface area (Å²) in [6, 6.07) is 12.4. The summed E-state index contributed by atoms with van der Waals surface area (Å²) in [7, 11) is 0. The molecule has 6 rings (SSSR count). The number of rotatable bonds is 4. The smallest absolute Gasteiger partial charge is 0.343 e. The van der Waals surface area contributed by atoms with Crippen LogP contribution < -0.4 is 16.3 Å². The topological polar surface area (TPSA) is 97.6 Å². The van der Waals surface area contributed by atoms with Gasteiger partial charge in [-0.05, 0) is 79.5 Å². The van der Waals surface area contributed by atoms with Gasteiger partial charge in [-0.2, -0.15) is 0 Å². The van der Waals surface area contributed by atoms with Crippen LogP contribution in [0.3, 0.4) is 0 Å². The van der Waals surface area contributed by atoms with Gasteiger partial charge in [-0.15, -0.1) is 0 Å². The largest absolute Gasteiger partial charge is 0.459 e. The second-order valence-electron chi connectivity index (χ2n) is 12.0. The number of hydrogen-bond donors (Lipinski definition) is 2. The second-order valence-corrected chi connectivity index (χ2v) is 12.9. The van der Waals surface area contributed by atoms with Crippen LogP contribution in [-0.2, 0) is 15.2 Å².